The number of hydrogen-bond acceptors (Lipinski definition) is 5. The SMILES string of the molecule is CC1=Nc2cc(C(F)(F)F)nn2[C@H](c2ccc(Cl)c(Cl)c2)C1c1ncnn1-c1cccc(Cl)n1. The van der Waals surface area contributed by atoms with Crippen molar-refractivity contribution in [2.24, 2.45) is 4.99 Å². The number of halogens is 6. The molecule has 2 atom stereocenters. The van der Waals surface area contributed by atoms with Gasteiger partial charge in [-0.15, -0.1) is 0 Å². The van der Waals surface area contributed by atoms with Crippen LogP contribution in [0.2, 0.25) is 15.2 Å². The molecule has 5 rings (SSSR count). The quantitative estimate of drug-likeness (QED) is 0.293. The van der Waals surface area contributed by atoms with Crippen LogP contribution >= 0.6 is 34.8 Å². The average Bonchev–Trinajstić information content (AvgIpc) is 3.41. The van der Waals surface area contributed by atoms with Crippen molar-refractivity contribution in [1.29, 1.82) is 0 Å². The molecule has 0 spiro atoms. The lowest BCUT2D eigenvalue weighted by molar-refractivity contribution is -0.141. The molecule has 0 amide bonds. The number of nitrogens with zero attached hydrogens (tertiary/aromatic N) is 7. The Morgan fingerprint density at radius 2 is 1.79 bits per heavy atom. The van der Waals surface area contributed by atoms with Crippen LogP contribution in [0.3, 0.4) is 0 Å². The third-order valence-corrected chi connectivity index (χ3v) is 6.33. The van der Waals surface area contributed by atoms with Crippen molar-refractivity contribution in [3.63, 3.8) is 0 Å². The molecule has 0 radical (unpaired) electrons. The van der Waals surface area contributed by atoms with Gasteiger partial charge < -0.3 is 0 Å². The lowest BCUT2D eigenvalue weighted by Crippen LogP contribution is -2.31. The molecular formula is C21H13Cl3F3N7. The Kier molecular flexibility index (Phi) is 5.62. The third kappa shape index (κ3) is 3.95. The molecule has 0 aliphatic carbocycles. The summed E-state index contributed by atoms with van der Waals surface area (Å²) in [4.78, 5) is 13.1. The van der Waals surface area contributed by atoms with Crippen LogP contribution in [0, 0.1) is 0 Å². The molecule has 4 heterocycles. The fourth-order valence-electron chi connectivity index (χ4n) is 3.94. The van der Waals surface area contributed by atoms with E-state index in [4.69, 9.17) is 34.8 Å². The summed E-state index contributed by atoms with van der Waals surface area (Å²) in [7, 11) is 0. The first-order valence-electron chi connectivity index (χ1n) is 9.83. The first-order chi connectivity index (χ1) is 16.1. The Hall–Kier alpha value is -2.95. The van der Waals surface area contributed by atoms with Crippen molar-refractivity contribution in [3.05, 3.63) is 81.1 Å². The molecule has 4 aromatic rings. The summed E-state index contributed by atoms with van der Waals surface area (Å²) in [6, 6.07) is 9.99. The second-order valence-electron chi connectivity index (χ2n) is 7.53. The van der Waals surface area contributed by atoms with E-state index in [1.54, 1.807) is 43.3 Å². The smallest absolute Gasteiger partial charge is 0.238 e. The summed E-state index contributed by atoms with van der Waals surface area (Å²) >= 11 is 18.4. The molecule has 7 nitrogen and oxygen atoms in total. The van der Waals surface area contributed by atoms with Crippen molar-refractivity contribution in [3.8, 4) is 5.82 Å². The Morgan fingerprint density at radius 3 is 2.50 bits per heavy atom. The highest BCUT2D eigenvalue weighted by Gasteiger charge is 2.42. The predicted octanol–water partition coefficient (Wildman–Crippen LogP) is 6.32. The van der Waals surface area contributed by atoms with Gasteiger partial charge in [-0.1, -0.05) is 46.9 Å². The lowest BCUT2D eigenvalue weighted by atomic mass is 9.87. The second-order valence-corrected chi connectivity index (χ2v) is 8.73. The summed E-state index contributed by atoms with van der Waals surface area (Å²) in [5.41, 5.74) is 0.0246. The second kappa shape index (κ2) is 8.37. The molecule has 0 saturated carbocycles. The Morgan fingerprint density at radius 1 is 1.00 bits per heavy atom. The van der Waals surface area contributed by atoms with E-state index in [2.05, 4.69) is 25.2 Å². The minimum Gasteiger partial charge on any atom is -0.238 e. The van der Waals surface area contributed by atoms with E-state index in [9.17, 15) is 13.2 Å². The van der Waals surface area contributed by atoms with Crippen LogP contribution in [0.1, 0.15) is 36.0 Å². The highest BCUT2D eigenvalue weighted by molar-refractivity contribution is 6.42. The van der Waals surface area contributed by atoms with Gasteiger partial charge in [-0.2, -0.15) is 28.1 Å². The normalized spacial score (nSPS) is 18.0. The Bertz CT molecular complexity index is 1430. The number of aliphatic imine (C=N–C) groups is 1. The Labute approximate surface area is 205 Å². The van der Waals surface area contributed by atoms with Crippen LogP contribution in [-0.2, 0) is 6.18 Å². The Balaban J connectivity index is 1.73. The van der Waals surface area contributed by atoms with Crippen molar-refractivity contribution in [2.75, 3.05) is 0 Å². The standard InChI is InChI=1S/C21H13Cl3F3N7/c1-10-18(20-28-9-29-34(20)16-4-2-3-15(24)31-16)19(11-5-6-12(22)13(23)7-11)33-17(30-10)8-14(32-33)21(25,26)27/h2-9,18-19H,1H3/t18?,19-/m1/s1. The van der Waals surface area contributed by atoms with E-state index in [1.807, 2.05) is 0 Å². The molecule has 0 fully saturated rings. The topological polar surface area (TPSA) is 73.8 Å². The number of pyridine rings is 1. The van der Waals surface area contributed by atoms with Gasteiger partial charge in [-0.05, 0) is 36.8 Å². The first-order valence-corrected chi connectivity index (χ1v) is 11.0. The number of aromatic nitrogens is 6. The molecular weight excluding hydrogens is 514 g/mol. The molecule has 1 aromatic carbocycles. The van der Waals surface area contributed by atoms with Gasteiger partial charge in [0.15, 0.2) is 17.3 Å². The van der Waals surface area contributed by atoms with Crippen molar-refractivity contribution < 1.29 is 13.2 Å². The number of alkyl halides is 3. The summed E-state index contributed by atoms with van der Waals surface area (Å²) in [6.07, 6.45) is -3.31. The first kappa shape index (κ1) is 22.8. The maximum atomic E-state index is 13.5. The van der Waals surface area contributed by atoms with E-state index >= 15 is 0 Å². The number of rotatable bonds is 3. The van der Waals surface area contributed by atoms with Gasteiger partial charge >= 0.3 is 6.18 Å². The van der Waals surface area contributed by atoms with Crippen LogP contribution < -0.4 is 0 Å². The molecule has 0 saturated heterocycles. The monoisotopic (exact) mass is 525 g/mol. The predicted molar refractivity (Wildman–Crippen MR) is 122 cm³/mol. The van der Waals surface area contributed by atoms with Crippen molar-refractivity contribution >= 4 is 46.3 Å². The van der Waals surface area contributed by atoms with E-state index < -0.39 is 23.8 Å². The number of benzene rings is 1. The van der Waals surface area contributed by atoms with E-state index in [0.717, 1.165) is 6.07 Å². The van der Waals surface area contributed by atoms with E-state index in [-0.39, 0.29) is 16.0 Å². The maximum Gasteiger partial charge on any atom is 0.435 e. The van der Waals surface area contributed by atoms with E-state index in [1.165, 1.54) is 15.7 Å². The summed E-state index contributed by atoms with van der Waals surface area (Å²) in [5.74, 6) is 0.183. The largest absolute Gasteiger partial charge is 0.435 e. The van der Waals surface area contributed by atoms with Crippen molar-refractivity contribution in [2.45, 2.75) is 25.1 Å². The van der Waals surface area contributed by atoms with Gasteiger partial charge in [0, 0.05) is 11.8 Å². The van der Waals surface area contributed by atoms with Gasteiger partial charge in [0.05, 0.1) is 22.0 Å². The minimum atomic E-state index is -4.64. The average molecular weight is 527 g/mol. The van der Waals surface area contributed by atoms with Gasteiger partial charge in [-0.3, -0.25) is 0 Å². The van der Waals surface area contributed by atoms with Crippen molar-refractivity contribution in [1.82, 2.24) is 29.5 Å². The molecule has 13 heteroatoms. The zero-order chi connectivity index (χ0) is 24.2. The van der Waals surface area contributed by atoms with Gasteiger partial charge in [-0.25, -0.2) is 19.6 Å². The van der Waals surface area contributed by atoms with Gasteiger partial charge in [0.1, 0.15) is 17.3 Å². The molecule has 3 aromatic heterocycles. The van der Waals surface area contributed by atoms with Gasteiger partial charge in [0.25, 0.3) is 0 Å². The highest BCUT2D eigenvalue weighted by atomic mass is 35.5. The molecule has 1 aliphatic rings. The highest BCUT2D eigenvalue weighted by Crippen LogP contribution is 2.44. The fraction of sp³-hybridized carbons (Fsp3) is 0.190. The van der Waals surface area contributed by atoms with Crippen LogP contribution in [-0.4, -0.2) is 35.2 Å². The molecule has 34 heavy (non-hydrogen) atoms. The summed E-state index contributed by atoms with van der Waals surface area (Å²) < 4.78 is 43.2. The summed E-state index contributed by atoms with van der Waals surface area (Å²) in [6.45, 7) is 1.71. The minimum absolute atomic E-state index is 0.0593. The summed E-state index contributed by atoms with van der Waals surface area (Å²) in [5, 5.41) is 8.94. The lowest BCUT2D eigenvalue weighted by Gasteiger charge is -2.31. The molecule has 1 unspecified atom stereocenters. The van der Waals surface area contributed by atoms with Crippen LogP contribution in [0.5, 0.6) is 0 Å². The van der Waals surface area contributed by atoms with Crippen LogP contribution in [0.25, 0.3) is 5.82 Å². The molecule has 1 aliphatic heterocycles. The van der Waals surface area contributed by atoms with Crippen LogP contribution in [0.15, 0.2) is 53.8 Å². The molecule has 174 valence electrons. The number of fused-ring (bicyclic) bond motifs is 1. The zero-order valence-electron chi connectivity index (χ0n) is 17.2. The molecule has 0 bridgehead atoms. The fourth-order valence-corrected chi connectivity index (χ4v) is 4.41. The number of hydrogen-bond donors (Lipinski definition) is 0. The third-order valence-electron chi connectivity index (χ3n) is 5.38. The zero-order valence-corrected chi connectivity index (χ0v) is 19.4. The van der Waals surface area contributed by atoms with E-state index in [0.29, 0.717) is 27.9 Å². The van der Waals surface area contributed by atoms with Gasteiger partial charge in [0.2, 0.25) is 0 Å². The molecule has 0 N–H and O–H groups in total. The van der Waals surface area contributed by atoms with Crippen LogP contribution in [0.4, 0.5) is 19.0 Å². The maximum absolute atomic E-state index is 13.5.